The van der Waals surface area contributed by atoms with Crippen molar-refractivity contribution >= 4 is 6.03 Å². The van der Waals surface area contributed by atoms with E-state index < -0.39 is 0 Å². The van der Waals surface area contributed by atoms with E-state index in [1.807, 2.05) is 50.2 Å². The normalized spacial score (nSPS) is 10.7. The van der Waals surface area contributed by atoms with Crippen LogP contribution in [-0.4, -0.2) is 36.2 Å². The van der Waals surface area contributed by atoms with Gasteiger partial charge in [-0.15, -0.1) is 0 Å². The number of urea groups is 1. The number of aliphatic hydroxyl groups is 1. The molecule has 23 heavy (non-hydrogen) atoms. The summed E-state index contributed by atoms with van der Waals surface area (Å²) >= 11 is 0. The van der Waals surface area contributed by atoms with Crippen molar-refractivity contribution < 1.29 is 9.90 Å². The Bertz CT molecular complexity index is 624. The number of nitrogens with one attached hydrogen (secondary N) is 1. The standard InChI is InChI=1S/C19H24N2O2/c1-14-6-4-8-16(12-14)18(17-9-5-7-15(2)13-17)20-19(23)21(3)10-11-22/h4-9,12-13,18,22H,10-11H2,1-3H3,(H,20,23). The number of aryl methyl sites for hydroxylation is 2. The molecule has 4 heteroatoms. The van der Waals surface area contributed by atoms with Crippen LogP contribution in [0.5, 0.6) is 0 Å². The van der Waals surface area contributed by atoms with Gasteiger partial charge in [0.1, 0.15) is 0 Å². The Morgan fingerprint density at radius 1 is 1.09 bits per heavy atom. The summed E-state index contributed by atoms with van der Waals surface area (Å²) < 4.78 is 0. The van der Waals surface area contributed by atoms with E-state index in [4.69, 9.17) is 5.11 Å². The first-order valence-corrected chi connectivity index (χ1v) is 7.77. The molecule has 0 unspecified atom stereocenters. The zero-order chi connectivity index (χ0) is 16.8. The van der Waals surface area contributed by atoms with E-state index in [0.717, 1.165) is 22.3 Å². The van der Waals surface area contributed by atoms with E-state index in [0.29, 0.717) is 6.54 Å². The summed E-state index contributed by atoms with van der Waals surface area (Å²) in [4.78, 5) is 13.8. The Balaban J connectivity index is 2.34. The quantitative estimate of drug-likeness (QED) is 0.891. The molecule has 4 nitrogen and oxygen atoms in total. The van der Waals surface area contributed by atoms with Crippen molar-refractivity contribution in [3.05, 3.63) is 70.8 Å². The van der Waals surface area contributed by atoms with Crippen LogP contribution in [-0.2, 0) is 0 Å². The third-order valence-electron chi connectivity index (χ3n) is 3.80. The molecule has 0 aliphatic carbocycles. The number of amides is 2. The van der Waals surface area contributed by atoms with Crippen LogP contribution in [0.3, 0.4) is 0 Å². The van der Waals surface area contributed by atoms with E-state index in [1.165, 1.54) is 4.90 Å². The second-order valence-electron chi connectivity index (χ2n) is 5.86. The molecular weight excluding hydrogens is 288 g/mol. The lowest BCUT2D eigenvalue weighted by molar-refractivity contribution is 0.188. The highest BCUT2D eigenvalue weighted by atomic mass is 16.3. The summed E-state index contributed by atoms with van der Waals surface area (Å²) in [5.41, 5.74) is 4.39. The second kappa shape index (κ2) is 7.79. The summed E-state index contributed by atoms with van der Waals surface area (Å²) in [6, 6.07) is 15.9. The monoisotopic (exact) mass is 312 g/mol. The Hall–Kier alpha value is -2.33. The van der Waals surface area contributed by atoms with Crippen LogP contribution in [0.15, 0.2) is 48.5 Å². The number of rotatable bonds is 5. The summed E-state index contributed by atoms with van der Waals surface area (Å²) in [7, 11) is 1.68. The number of aliphatic hydroxyl groups excluding tert-OH is 1. The van der Waals surface area contributed by atoms with Crippen molar-refractivity contribution in [1.29, 1.82) is 0 Å². The summed E-state index contributed by atoms with van der Waals surface area (Å²) in [5.74, 6) is 0. The minimum atomic E-state index is -0.219. The van der Waals surface area contributed by atoms with Gasteiger partial charge in [0.2, 0.25) is 0 Å². The zero-order valence-corrected chi connectivity index (χ0v) is 13.9. The third kappa shape index (κ3) is 4.57. The van der Waals surface area contributed by atoms with Gasteiger partial charge in [0.25, 0.3) is 0 Å². The van der Waals surface area contributed by atoms with Crippen LogP contribution >= 0.6 is 0 Å². The van der Waals surface area contributed by atoms with Crippen LogP contribution in [0.4, 0.5) is 4.79 Å². The van der Waals surface area contributed by atoms with E-state index in [9.17, 15) is 4.79 Å². The fraction of sp³-hybridized carbons (Fsp3) is 0.316. The first kappa shape index (κ1) is 17.0. The first-order chi connectivity index (χ1) is 11.0. The molecule has 0 saturated carbocycles. The molecule has 0 aromatic heterocycles. The zero-order valence-electron chi connectivity index (χ0n) is 13.9. The van der Waals surface area contributed by atoms with Gasteiger partial charge >= 0.3 is 6.03 Å². The molecule has 0 atom stereocenters. The summed E-state index contributed by atoms with van der Waals surface area (Å²) in [6.07, 6.45) is 0. The summed E-state index contributed by atoms with van der Waals surface area (Å²) in [5, 5.41) is 12.1. The van der Waals surface area contributed by atoms with Gasteiger partial charge in [-0.1, -0.05) is 59.7 Å². The average molecular weight is 312 g/mol. The van der Waals surface area contributed by atoms with E-state index >= 15 is 0 Å². The highest BCUT2D eigenvalue weighted by molar-refractivity contribution is 5.75. The van der Waals surface area contributed by atoms with Crippen molar-refractivity contribution in [3.63, 3.8) is 0 Å². The fourth-order valence-corrected chi connectivity index (χ4v) is 2.54. The molecule has 0 radical (unpaired) electrons. The number of benzene rings is 2. The lowest BCUT2D eigenvalue weighted by atomic mass is 9.96. The highest BCUT2D eigenvalue weighted by Crippen LogP contribution is 2.24. The van der Waals surface area contributed by atoms with Crippen molar-refractivity contribution in [2.45, 2.75) is 19.9 Å². The second-order valence-corrected chi connectivity index (χ2v) is 5.86. The van der Waals surface area contributed by atoms with Crippen molar-refractivity contribution in [2.24, 2.45) is 0 Å². The molecule has 0 aliphatic heterocycles. The van der Waals surface area contributed by atoms with Gasteiger partial charge in [0, 0.05) is 13.6 Å². The molecule has 2 N–H and O–H groups in total. The molecule has 0 heterocycles. The van der Waals surface area contributed by atoms with Crippen LogP contribution in [0.1, 0.15) is 28.3 Å². The molecule has 122 valence electrons. The molecule has 0 spiro atoms. The number of carbonyl (C=O) groups is 1. The predicted molar refractivity (Wildman–Crippen MR) is 92.4 cm³/mol. The maximum absolute atomic E-state index is 12.4. The van der Waals surface area contributed by atoms with Gasteiger partial charge in [-0.05, 0) is 25.0 Å². The van der Waals surface area contributed by atoms with Crippen molar-refractivity contribution in [2.75, 3.05) is 20.2 Å². The van der Waals surface area contributed by atoms with E-state index in [-0.39, 0.29) is 18.7 Å². The maximum Gasteiger partial charge on any atom is 0.317 e. The number of nitrogens with zero attached hydrogens (tertiary/aromatic N) is 1. The Kier molecular flexibility index (Phi) is 5.77. The van der Waals surface area contributed by atoms with E-state index in [1.54, 1.807) is 7.05 Å². The predicted octanol–water partition coefficient (Wildman–Crippen LogP) is 3.03. The van der Waals surface area contributed by atoms with Gasteiger partial charge in [0.05, 0.1) is 12.6 Å². The number of carbonyl (C=O) groups excluding carboxylic acids is 1. The van der Waals surface area contributed by atoms with Crippen LogP contribution in [0.2, 0.25) is 0 Å². The largest absolute Gasteiger partial charge is 0.395 e. The lowest BCUT2D eigenvalue weighted by Crippen LogP contribution is -2.41. The first-order valence-electron chi connectivity index (χ1n) is 7.77. The molecule has 2 rings (SSSR count). The van der Waals surface area contributed by atoms with Gasteiger partial charge in [0.15, 0.2) is 0 Å². The maximum atomic E-state index is 12.4. The van der Waals surface area contributed by atoms with Crippen LogP contribution in [0, 0.1) is 13.8 Å². The molecule has 2 amide bonds. The van der Waals surface area contributed by atoms with Gasteiger partial charge in [-0.3, -0.25) is 0 Å². The Morgan fingerprint density at radius 3 is 2.04 bits per heavy atom. The molecule has 0 saturated heterocycles. The Labute approximate surface area is 137 Å². The average Bonchev–Trinajstić information content (AvgIpc) is 2.52. The summed E-state index contributed by atoms with van der Waals surface area (Å²) in [6.45, 7) is 4.33. The topological polar surface area (TPSA) is 52.6 Å². The van der Waals surface area contributed by atoms with Crippen LogP contribution in [0.25, 0.3) is 0 Å². The molecule has 0 aliphatic rings. The lowest BCUT2D eigenvalue weighted by Gasteiger charge is -2.24. The fourth-order valence-electron chi connectivity index (χ4n) is 2.54. The van der Waals surface area contributed by atoms with Crippen LogP contribution < -0.4 is 5.32 Å². The highest BCUT2D eigenvalue weighted by Gasteiger charge is 2.19. The van der Waals surface area contributed by atoms with Gasteiger partial charge in [-0.2, -0.15) is 0 Å². The smallest absolute Gasteiger partial charge is 0.317 e. The number of likely N-dealkylation sites (N-methyl/N-ethyl adjacent to an activating group) is 1. The molecular formula is C19H24N2O2. The minimum Gasteiger partial charge on any atom is -0.395 e. The molecule has 0 fully saturated rings. The molecule has 2 aromatic carbocycles. The number of hydrogen-bond acceptors (Lipinski definition) is 2. The third-order valence-corrected chi connectivity index (χ3v) is 3.80. The number of hydrogen-bond donors (Lipinski definition) is 2. The Morgan fingerprint density at radius 2 is 1.61 bits per heavy atom. The molecule has 0 bridgehead atoms. The van der Waals surface area contributed by atoms with Gasteiger partial charge < -0.3 is 15.3 Å². The van der Waals surface area contributed by atoms with E-state index in [2.05, 4.69) is 17.4 Å². The van der Waals surface area contributed by atoms with Gasteiger partial charge in [-0.25, -0.2) is 4.79 Å². The van der Waals surface area contributed by atoms with Crippen molar-refractivity contribution in [3.8, 4) is 0 Å². The SMILES string of the molecule is Cc1cccc(C(NC(=O)N(C)CCO)c2cccc(C)c2)c1. The van der Waals surface area contributed by atoms with Crippen molar-refractivity contribution in [1.82, 2.24) is 10.2 Å². The minimum absolute atomic E-state index is 0.0521. The molecule has 2 aromatic rings.